The number of benzene rings is 1. The lowest BCUT2D eigenvalue weighted by atomic mass is 10.1. The lowest BCUT2D eigenvalue weighted by molar-refractivity contribution is 0.243. The molecule has 0 saturated heterocycles. The Labute approximate surface area is 102 Å². The molecule has 0 aliphatic carbocycles. The maximum absolute atomic E-state index is 5.81. The first-order valence-electron chi connectivity index (χ1n) is 5.86. The normalized spacial score (nSPS) is 10.6. The maximum atomic E-state index is 5.81. The van der Waals surface area contributed by atoms with Crippen LogP contribution in [0, 0.1) is 6.92 Å². The van der Waals surface area contributed by atoms with Crippen LogP contribution in [0.25, 0.3) is 11.3 Å². The molecule has 0 aliphatic heterocycles. The predicted octanol–water partition coefficient (Wildman–Crippen LogP) is 3.84. The van der Waals surface area contributed by atoms with E-state index in [9.17, 15) is 0 Å². The maximum Gasteiger partial charge on any atom is 0.129 e. The van der Waals surface area contributed by atoms with Crippen LogP contribution >= 0.6 is 0 Å². The second-order valence-electron chi connectivity index (χ2n) is 4.33. The van der Waals surface area contributed by atoms with Crippen LogP contribution in [0.15, 0.2) is 42.6 Å². The second-order valence-corrected chi connectivity index (χ2v) is 4.33. The van der Waals surface area contributed by atoms with Crippen molar-refractivity contribution >= 4 is 0 Å². The Bertz CT molecular complexity index is 506. The quantitative estimate of drug-likeness (QED) is 0.794. The van der Waals surface area contributed by atoms with Crippen molar-refractivity contribution < 1.29 is 4.74 Å². The van der Waals surface area contributed by atoms with Crippen LogP contribution in [0.2, 0.25) is 0 Å². The zero-order chi connectivity index (χ0) is 12.3. The number of hydrogen-bond acceptors (Lipinski definition) is 2. The third kappa shape index (κ3) is 2.64. The summed E-state index contributed by atoms with van der Waals surface area (Å²) in [5.74, 6) is 0.893. The van der Waals surface area contributed by atoms with Crippen molar-refractivity contribution in [2.24, 2.45) is 0 Å². The zero-order valence-electron chi connectivity index (χ0n) is 10.5. The Kier molecular flexibility index (Phi) is 3.43. The Morgan fingerprint density at radius 2 is 1.82 bits per heavy atom. The molecule has 2 nitrogen and oxygen atoms in total. The van der Waals surface area contributed by atoms with Crippen LogP contribution in [-0.2, 0) is 0 Å². The molecule has 88 valence electrons. The van der Waals surface area contributed by atoms with E-state index in [-0.39, 0.29) is 6.10 Å². The van der Waals surface area contributed by atoms with E-state index >= 15 is 0 Å². The van der Waals surface area contributed by atoms with Crippen LogP contribution in [0.5, 0.6) is 5.75 Å². The fourth-order valence-electron chi connectivity index (χ4n) is 1.79. The highest BCUT2D eigenvalue weighted by atomic mass is 16.5. The molecular weight excluding hydrogens is 210 g/mol. The molecule has 1 heterocycles. The SMILES string of the molecule is Cc1cccnc1-c1ccccc1OC(C)C. The molecule has 0 aliphatic rings. The standard InChI is InChI=1S/C15H17NO/c1-11(2)17-14-9-5-4-8-13(14)15-12(3)7-6-10-16-15/h4-11H,1-3H3. The van der Waals surface area contributed by atoms with Crippen LogP contribution in [0.4, 0.5) is 0 Å². The fraction of sp³-hybridized carbons (Fsp3) is 0.267. The highest BCUT2D eigenvalue weighted by Crippen LogP contribution is 2.30. The largest absolute Gasteiger partial charge is 0.490 e. The number of ether oxygens (including phenoxy) is 1. The van der Waals surface area contributed by atoms with Crippen LogP contribution in [0.1, 0.15) is 19.4 Å². The van der Waals surface area contributed by atoms with E-state index < -0.39 is 0 Å². The molecule has 0 N–H and O–H groups in total. The summed E-state index contributed by atoms with van der Waals surface area (Å²) in [6.07, 6.45) is 1.98. The highest BCUT2D eigenvalue weighted by Gasteiger charge is 2.09. The number of rotatable bonds is 3. The molecule has 2 heteroatoms. The van der Waals surface area contributed by atoms with Gasteiger partial charge in [-0.15, -0.1) is 0 Å². The molecule has 2 rings (SSSR count). The van der Waals surface area contributed by atoms with E-state index in [0.717, 1.165) is 22.6 Å². The van der Waals surface area contributed by atoms with Gasteiger partial charge >= 0.3 is 0 Å². The molecule has 17 heavy (non-hydrogen) atoms. The van der Waals surface area contributed by atoms with Gasteiger partial charge in [-0.2, -0.15) is 0 Å². The van der Waals surface area contributed by atoms with Crippen molar-refractivity contribution in [1.29, 1.82) is 0 Å². The Hall–Kier alpha value is -1.83. The minimum Gasteiger partial charge on any atom is -0.490 e. The molecule has 1 aromatic carbocycles. The Morgan fingerprint density at radius 1 is 1.06 bits per heavy atom. The smallest absolute Gasteiger partial charge is 0.129 e. The van der Waals surface area contributed by atoms with Gasteiger partial charge in [-0.05, 0) is 44.5 Å². The number of hydrogen-bond donors (Lipinski definition) is 0. The summed E-state index contributed by atoms with van der Waals surface area (Å²) in [6, 6.07) is 12.0. The predicted molar refractivity (Wildman–Crippen MR) is 70.2 cm³/mol. The van der Waals surface area contributed by atoms with Crippen molar-refractivity contribution in [1.82, 2.24) is 4.98 Å². The summed E-state index contributed by atoms with van der Waals surface area (Å²) >= 11 is 0. The minimum atomic E-state index is 0.167. The van der Waals surface area contributed by atoms with Crippen LogP contribution in [0.3, 0.4) is 0 Å². The monoisotopic (exact) mass is 227 g/mol. The molecule has 0 radical (unpaired) electrons. The van der Waals surface area contributed by atoms with Gasteiger partial charge in [0.1, 0.15) is 5.75 Å². The second kappa shape index (κ2) is 5.00. The van der Waals surface area contributed by atoms with Gasteiger partial charge < -0.3 is 4.74 Å². The van der Waals surface area contributed by atoms with Gasteiger partial charge in [-0.1, -0.05) is 18.2 Å². The molecule has 0 bridgehead atoms. The van der Waals surface area contributed by atoms with E-state index in [1.165, 1.54) is 0 Å². The van der Waals surface area contributed by atoms with Crippen molar-refractivity contribution in [3.05, 3.63) is 48.2 Å². The summed E-state index contributed by atoms with van der Waals surface area (Å²) in [6.45, 7) is 6.12. The first-order valence-corrected chi connectivity index (χ1v) is 5.86. The lowest BCUT2D eigenvalue weighted by Gasteiger charge is -2.14. The third-order valence-electron chi connectivity index (χ3n) is 2.51. The van der Waals surface area contributed by atoms with Gasteiger partial charge in [-0.3, -0.25) is 4.98 Å². The summed E-state index contributed by atoms with van der Waals surface area (Å²) < 4.78 is 5.81. The summed E-state index contributed by atoms with van der Waals surface area (Å²) in [4.78, 5) is 4.44. The summed E-state index contributed by atoms with van der Waals surface area (Å²) in [7, 11) is 0. The molecule has 2 aromatic rings. The van der Waals surface area contributed by atoms with E-state index in [1.807, 2.05) is 50.4 Å². The summed E-state index contributed by atoms with van der Waals surface area (Å²) in [5, 5.41) is 0. The van der Waals surface area contributed by atoms with Gasteiger partial charge in [-0.25, -0.2) is 0 Å². The first-order chi connectivity index (χ1) is 8.18. The number of aryl methyl sites for hydroxylation is 1. The number of pyridine rings is 1. The van der Waals surface area contributed by atoms with Crippen LogP contribution in [-0.4, -0.2) is 11.1 Å². The Morgan fingerprint density at radius 3 is 2.53 bits per heavy atom. The van der Waals surface area contributed by atoms with E-state index in [1.54, 1.807) is 0 Å². The van der Waals surface area contributed by atoms with Crippen molar-refractivity contribution in [2.45, 2.75) is 26.9 Å². The number of para-hydroxylation sites is 1. The highest BCUT2D eigenvalue weighted by molar-refractivity contribution is 5.69. The zero-order valence-corrected chi connectivity index (χ0v) is 10.5. The first kappa shape index (κ1) is 11.6. The van der Waals surface area contributed by atoms with Gasteiger partial charge in [0.25, 0.3) is 0 Å². The van der Waals surface area contributed by atoms with Gasteiger partial charge in [0.15, 0.2) is 0 Å². The average Bonchev–Trinajstić information content (AvgIpc) is 2.30. The van der Waals surface area contributed by atoms with Crippen LogP contribution < -0.4 is 4.74 Å². The van der Waals surface area contributed by atoms with Gasteiger partial charge in [0.2, 0.25) is 0 Å². The fourth-order valence-corrected chi connectivity index (χ4v) is 1.79. The molecule has 0 atom stereocenters. The minimum absolute atomic E-state index is 0.167. The molecule has 1 aromatic heterocycles. The van der Waals surface area contributed by atoms with E-state index in [2.05, 4.69) is 18.0 Å². The molecule has 0 spiro atoms. The molecule has 0 amide bonds. The molecule has 0 unspecified atom stereocenters. The summed E-state index contributed by atoms with van der Waals surface area (Å²) in [5.41, 5.74) is 3.20. The van der Waals surface area contributed by atoms with E-state index in [0.29, 0.717) is 0 Å². The third-order valence-corrected chi connectivity index (χ3v) is 2.51. The lowest BCUT2D eigenvalue weighted by Crippen LogP contribution is -2.06. The molecule has 0 fully saturated rings. The topological polar surface area (TPSA) is 22.1 Å². The number of aromatic nitrogens is 1. The van der Waals surface area contributed by atoms with E-state index in [4.69, 9.17) is 4.74 Å². The molecular formula is C15H17NO. The Balaban J connectivity index is 2.48. The average molecular weight is 227 g/mol. The van der Waals surface area contributed by atoms with Crippen molar-refractivity contribution in [2.75, 3.05) is 0 Å². The van der Waals surface area contributed by atoms with Crippen molar-refractivity contribution in [3.63, 3.8) is 0 Å². The number of nitrogens with zero attached hydrogens (tertiary/aromatic N) is 1. The van der Waals surface area contributed by atoms with Gasteiger partial charge in [0.05, 0.1) is 11.8 Å². The molecule has 0 saturated carbocycles. The van der Waals surface area contributed by atoms with Gasteiger partial charge in [0, 0.05) is 11.8 Å². The van der Waals surface area contributed by atoms with Crippen molar-refractivity contribution in [3.8, 4) is 17.0 Å².